The zero-order valence-corrected chi connectivity index (χ0v) is 14.7. The van der Waals surface area contributed by atoms with E-state index in [0.717, 1.165) is 58.5 Å². The summed E-state index contributed by atoms with van der Waals surface area (Å²) in [6, 6.07) is 10.9. The van der Waals surface area contributed by atoms with Crippen molar-refractivity contribution in [3.05, 3.63) is 35.9 Å². The number of hydrogen-bond acceptors (Lipinski definition) is 3. The topological polar surface area (TPSA) is 44.4 Å². The van der Waals surface area contributed by atoms with Gasteiger partial charge >= 0.3 is 0 Å². The third-order valence-corrected chi connectivity index (χ3v) is 5.53. The summed E-state index contributed by atoms with van der Waals surface area (Å²) in [5, 5.41) is 6.53. The van der Waals surface area contributed by atoms with Crippen LogP contribution in [0.15, 0.2) is 30.3 Å². The highest BCUT2D eigenvalue weighted by atomic mass is 16.1. The fraction of sp³-hybridized carbons (Fsp3) is 0.650. The molecule has 2 fully saturated rings. The zero-order valence-electron chi connectivity index (χ0n) is 14.7. The van der Waals surface area contributed by atoms with E-state index in [-0.39, 0.29) is 11.8 Å². The van der Waals surface area contributed by atoms with Gasteiger partial charge in [0.15, 0.2) is 0 Å². The number of hydrogen-bond donors (Lipinski definition) is 2. The van der Waals surface area contributed by atoms with Gasteiger partial charge in [0.05, 0.1) is 0 Å². The third-order valence-electron chi connectivity index (χ3n) is 5.53. The molecule has 2 N–H and O–H groups in total. The van der Waals surface area contributed by atoms with Gasteiger partial charge in [-0.25, -0.2) is 0 Å². The minimum Gasteiger partial charge on any atom is -0.355 e. The van der Waals surface area contributed by atoms with Crippen molar-refractivity contribution in [1.82, 2.24) is 15.5 Å². The van der Waals surface area contributed by atoms with Crippen LogP contribution < -0.4 is 10.6 Å². The summed E-state index contributed by atoms with van der Waals surface area (Å²) < 4.78 is 0. The summed E-state index contributed by atoms with van der Waals surface area (Å²) in [4.78, 5) is 14.8. The molecule has 1 unspecified atom stereocenters. The first kappa shape index (κ1) is 17.4. The highest BCUT2D eigenvalue weighted by Gasteiger charge is 2.22. The summed E-state index contributed by atoms with van der Waals surface area (Å²) in [6.07, 6.45) is 5.58. The molecule has 1 amide bonds. The number of piperidine rings is 1. The first-order chi connectivity index (χ1) is 11.8. The van der Waals surface area contributed by atoms with Crippen LogP contribution in [0.25, 0.3) is 0 Å². The maximum atomic E-state index is 12.3. The molecule has 0 saturated carbocycles. The fourth-order valence-electron chi connectivity index (χ4n) is 3.98. The first-order valence-corrected chi connectivity index (χ1v) is 9.58. The Balaban J connectivity index is 1.34. The summed E-state index contributed by atoms with van der Waals surface area (Å²) in [6.45, 7) is 6.09. The average Bonchev–Trinajstić information content (AvgIpc) is 2.92. The molecule has 1 atom stereocenters. The van der Waals surface area contributed by atoms with Crippen molar-refractivity contribution in [2.45, 2.75) is 38.0 Å². The van der Waals surface area contributed by atoms with Crippen molar-refractivity contribution in [3.8, 4) is 0 Å². The summed E-state index contributed by atoms with van der Waals surface area (Å²) in [5.41, 5.74) is 1.48. The van der Waals surface area contributed by atoms with Crippen molar-refractivity contribution in [1.29, 1.82) is 0 Å². The van der Waals surface area contributed by atoms with E-state index >= 15 is 0 Å². The van der Waals surface area contributed by atoms with Gasteiger partial charge in [-0.15, -0.1) is 0 Å². The molecule has 4 heteroatoms. The normalized spacial score (nSPS) is 23.6. The van der Waals surface area contributed by atoms with Gasteiger partial charge < -0.3 is 15.5 Å². The zero-order chi connectivity index (χ0) is 16.6. The predicted molar refractivity (Wildman–Crippen MR) is 98.1 cm³/mol. The van der Waals surface area contributed by atoms with Crippen LogP contribution in [-0.2, 0) is 4.79 Å². The monoisotopic (exact) mass is 329 g/mol. The molecule has 0 spiro atoms. The lowest BCUT2D eigenvalue weighted by Crippen LogP contribution is -2.40. The van der Waals surface area contributed by atoms with Crippen LogP contribution in [0, 0.1) is 5.92 Å². The molecule has 0 radical (unpaired) electrons. The van der Waals surface area contributed by atoms with E-state index in [9.17, 15) is 4.79 Å². The average molecular weight is 329 g/mol. The molecular weight excluding hydrogens is 298 g/mol. The van der Waals surface area contributed by atoms with Crippen molar-refractivity contribution >= 4 is 5.91 Å². The van der Waals surface area contributed by atoms with Gasteiger partial charge in [-0.1, -0.05) is 30.3 Å². The van der Waals surface area contributed by atoms with Gasteiger partial charge in [0.25, 0.3) is 0 Å². The number of amides is 1. The highest BCUT2D eigenvalue weighted by molar-refractivity contribution is 5.78. The molecule has 3 rings (SSSR count). The predicted octanol–water partition coefficient (Wildman–Crippen LogP) is 2.37. The second kappa shape index (κ2) is 9.19. The lowest BCUT2D eigenvalue weighted by Gasteiger charge is -2.32. The minimum absolute atomic E-state index is 0.212. The molecule has 2 aliphatic heterocycles. The maximum Gasteiger partial charge on any atom is 0.223 e. The quantitative estimate of drug-likeness (QED) is 0.872. The van der Waals surface area contributed by atoms with E-state index in [2.05, 4.69) is 45.9 Å². The fourth-order valence-corrected chi connectivity index (χ4v) is 3.98. The number of carbonyl (C=O) groups excluding carboxylic acids is 1. The number of benzene rings is 1. The Morgan fingerprint density at radius 3 is 2.67 bits per heavy atom. The largest absolute Gasteiger partial charge is 0.355 e. The molecule has 4 nitrogen and oxygen atoms in total. The van der Waals surface area contributed by atoms with Gasteiger partial charge in [0.2, 0.25) is 5.91 Å². The van der Waals surface area contributed by atoms with E-state index < -0.39 is 0 Å². The Morgan fingerprint density at radius 2 is 1.88 bits per heavy atom. The Labute approximate surface area is 146 Å². The lowest BCUT2D eigenvalue weighted by molar-refractivity contribution is -0.125. The highest BCUT2D eigenvalue weighted by Crippen LogP contribution is 2.27. The Kier molecular flexibility index (Phi) is 6.67. The van der Waals surface area contributed by atoms with E-state index in [0.29, 0.717) is 5.92 Å². The molecule has 1 aromatic rings. The summed E-state index contributed by atoms with van der Waals surface area (Å²) in [5.74, 6) is 1.18. The van der Waals surface area contributed by atoms with Crippen LogP contribution >= 0.6 is 0 Å². The second-order valence-corrected chi connectivity index (χ2v) is 7.20. The SMILES string of the molecule is O=C(NCCN1CCC(c2ccccc2)CC1)C1CCCNCC1. The van der Waals surface area contributed by atoms with Gasteiger partial charge in [-0.3, -0.25) is 4.79 Å². The van der Waals surface area contributed by atoms with E-state index in [1.54, 1.807) is 0 Å². The van der Waals surface area contributed by atoms with Crippen molar-refractivity contribution in [3.63, 3.8) is 0 Å². The summed E-state index contributed by atoms with van der Waals surface area (Å²) >= 11 is 0. The molecule has 0 aliphatic carbocycles. The van der Waals surface area contributed by atoms with Gasteiger partial charge in [-0.05, 0) is 69.8 Å². The molecule has 24 heavy (non-hydrogen) atoms. The van der Waals surface area contributed by atoms with Gasteiger partial charge in [-0.2, -0.15) is 0 Å². The molecule has 2 aliphatic rings. The van der Waals surface area contributed by atoms with Crippen LogP contribution in [-0.4, -0.2) is 50.1 Å². The number of nitrogens with one attached hydrogen (secondary N) is 2. The Bertz CT molecular complexity index is 489. The standard InChI is InChI=1S/C20H31N3O/c24-20(19-7-4-11-21-12-8-19)22-13-16-23-14-9-18(10-15-23)17-5-2-1-3-6-17/h1-3,5-6,18-19,21H,4,7-16H2,(H,22,24). The summed E-state index contributed by atoms with van der Waals surface area (Å²) in [7, 11) is 0. The van der Waals surface area contributed by atoms with Crippen LogP contribution in [0.2, 0.25) is 0 Å². The smallest absolute Gasteiger partial charge is 0.223 e. The molecular formula is C20H31N3O. The van der Waals surface area contributed by atoms with Crippen LogP contribution in [0.1, 0.15) is 43.6 Å². The van der Waals surface area contributed by atoms with Gasteiger partial charge in [0, 0.05) is 19.0 Å². The molecule has 2 heterocycles. The molecule has 0 aromatic heterocycles. The van der Waals surface area contributed by atoms with Crippen molar-refractivity contribution in [2.24, 2.45) is 5.92 Å². The first-order valence-electron chi connectivity index (χ1n) is 9.58. The lowest BCUT2D eigenvalue weighted by atomic mass is 9.89. The molecule has 132 valence electrons. The second-order valence-electron chi connectivity index (χ2n) is 7.20. The van der Waals surface area contributed by atoms with E-state index in [1.807, 2.05) is 0 Å². The number of nitrogens with zero attached hydrogens (tertiary/aromatic N) is 1. The Morgan fingerprint density at radius 1 is 1.08 bits per heavy atom. The van der Waals surface area contributed by atoms with Crippen molar-refractivity contribution < 1.29 is 4.79 Å². The van der Waals surface area contributed by atoms with Crippen LogP contribution in [0.4, 0.5) is 0 Å². The van der Waals surface area contributed by atoms with E-state index in [1.165, 1.54) is 18.4 Å². The maximum absolute atomic E-state index is 12.3. The van der Waals surface area contributed by atoms with E-state index in [4.69, 9.17) is 0 Å². The number of carbonyl (C=O) groups is 1. The molecule has 1 aromatic carbocycles. The molecule has 2 saturated heterocycles. The Hall–Kier alpha value is -1.39. The van der Waals surface area contributed by atoms with Gasteiger partial charge in [0.1, 0.15) is 0 Å². The van der Waals surface area contributed by atoms with Crippen LogP contribution in [0.5, 0.6) is 0 Å². The number of likely N-dealkylation sites (tertiary alicyclic amines) is 1. The minimum atomic E-state index is 0.212. The van der Waals surface area contributed by atoms with Crippen LogP contribution in [0.3, 0.4) is 0 Å². The number of rotatable bonds is 5. The van der Waals surface area contributed by atoms with Crippen molar-refractivity contribution in [2.75, 3.05) is 39.3 Å². The molecule has 0 bridgehead atoms. The third kappa shape index (κ3) is 5.05.